The second-order valence-electron chi connectivity index (χ2n) is 4.85. The summed E-state index contributed by atoms with van der Waals surface area (Å²) in [5.41, 5.74) is 2.10. The quantitative estimate of drug-likeness (QED) is 0.783. The molecule has 1 aromatic carbocycles. The normalized spacial score (nSPS) is 11.3. The maximum absolute atomic E-state index is 8.99. The molecule has 0 aliphatic carbocycles. The van der Waals surface area contributed by atoms with Gasteiger partial charge in [0.05, 0.1) is 11.0 Å². The van der Waals surface area contributed by atoms with Crippen LogP contribution in [-0.4, -0.2) is 21.3 Å². The number of imidazole rings is 1. The van der Waals surface area contributed by atoms with Crippen molar-refractivity contribution in [3.05, 3.63) is 29.0 Å². The number of aryl methyl sites for hydroxylation is 2. The van der Waals surface area contributed by atoms with Crippen LogP contribution in [0.15, 0.2) is 18.2 Å². The van der Waals surface area contributed by atoms with Gasteiger partial charge in [-0.15, -0.1) is 0 Å². The summed E-state index contributed by atoms with van der Waals surface area (Å²) in [5, 5.41) is 9.72. The Balaban J connectivity index is 2.31. The van der Waals surface area contributed by atoms with Crippen LogP contribution < -0.4 is 0 Å². The number of aliphatic hydroxyl groups is 1. The Kier molecular flexibility index (Phi) is 5.23. The molecule has 0 fully saturated rings. The average molecular weight is 281 g/mol. The van der Waals surface area contributed by atoms with Gasteiger partial charge in [0.1, 0.15) is 5.82 Å². The number of nitrogens with zero attached hydrogens (tertiary/aromatic N) is 2. The van der Waals surface area contributed by atoms with E-state index in [1.54, 1.807) is 0 Å². The lowest BCUT2D eigenvalue weighted by atomic mass is 10.2. The molecule has 0 atom stereocenters. The van der Waals surface area contributed by atoms with E-state index < -0.39 is 0 Å². The molecule has 0 saturated carbocycles. The van der Waals surface area contributed by atoms with Gasteiger partial charge in [0.15, 0.2) is 0 Å². The van der Waals surface area contributed by atoms with Crippen LogP contribution in [0.5, 0.6) is 0 Å². The van der Waals surface area contributed by atoms with Crippen molar-refractivity contribution in [1.82, 2.24) is 9.55 Å². The number of benzene rings is 1. The summed E-state index contributed by atoms with van der Waals surface area (Å²) in [7, 11) is 0. The van der Waals surface area contributed by atoms with Crippen molar-refractivity contribution in [2.75, 3.05) is 6.61 Å². The molecular formula is C15H21ClN2O. The molecule has 3 nitrogen and oxygen atoms in total. The Bertz CT molecular complexity index is 536. The van der Waals surface area contributed by atoms with E-state index in [0.717, 1.165) is 47.7 Å². The lowest BCUT2D eigenvalue weighted by molar-refractivity contribution is 0.287. The standard InChI is InChI=1S/C15H21ClN2O/c1-2-3-4-9-18-14-8-7-12(16)11-13(14)17-15(18)6-5-10-19/h7-8,11,19H,2-6,9-10H2,1H3. The van der Waals surface area contributed by atoms with Crippen LogP contribution in [0.25, 0.3) is 11.0 Å². The van der Waals surface area contributed by atoms with Crippen LogP contribution >= 0.6 is 11.6 Å². The van der Waals surface area contributed by atoms with Crippen molar-refractivity contribution in [2.45, 2.75) is 45.6 Å². The summed E-state index contributed by atoms with van der Waals surface area (Å²) >= 11 is 6.02. The van der Waals surface area contributed by atoms with E-state index in [9.17, 15) is 0 Å². The number of hydrogen-bond donors (Lipinski definition) is 1. The maximum atomic E-state index is 8.99. The van der Waals surface area contributed by atoms with Gasteiger partial charge in [-0.05, 0) is 31.0 Å². The van der Waals surface area contributed by atoms with Gasteiger partial charge in [0.2, 0.25) is 0 Å². The SMILES string of the molecule is CCCCCn1c(CCCO)nc2cc(Cl)ccc21. The van der Waals surface area contributed by atoms with Crippen LogP contribution in [0.4, 0.5) is 0 Å². The number of halogens is 1. The van der Waals surface area contributed by atoms with Crippen molar-refractivity contribution >= 4 is 22.6 Å². The summed E-state index contributed by atoms with van der Waals surface area (Å²) in [6, 6.07) is 5.87. The van der Waals surface area contributed by atoms with Crippen LogP contribution in [-0.2, 0) is 13.0 Å². The van der Waals surface area contributed by atoms with E-state index in [0.29, 0.717) is 0 Å². The summed E-state index contributed by atoms with van der Waals surface area (Å²) in [6.07, 6.45) is 5.17. The van der Waals surface area contributed by atoms with Crippen LogP contribution in [0.2, 0.25) is 5.02 Å². The largest absolute Gasteiger partial charge is 0.396 e. The van der Waals surface area contributed by atoms with Crippen molar-refractivity contribution in [3.63, 3.8) is 0 Å². The van der Waals surface area contributed by atoms with E-state index in [4.69, 9.17) is 16.7 Å². The number of rotatable bonds is 7. The second-order valence-corrected chi connectivity index (χ2v) is 5.28. The molecule has 0 radical (unpaired) electrons. The van der Waals surface area contributed by atoms with Gasteiger partial charge in [-0.1, -0.05) is 31.4 Å². The molecule has 0 amide bonds. The summed E-state index contributed by atoms with van der Waals surface area (Å²) in [6.45, 7) is 3.41. The fraction of sp³-hybridized carbons (Fsp3) is 0.533. The fourth-order valence-electron chi connectivity index (χ4n) is 2.35. The molecule has 19 heavy (non-hydrogen) atoms. The highest BCUT2D eigenvalue weighted by atomic mass is 35.5. The third-order valence-corrected chi connectivity index (χ3v) is 3.57. The van der Waals surface area contributed by atoms with Crippen LogP contribution in [0.3, 0.4) is 0 Å². The first kappa shape index (κ1) is 14.4. The topological polar surface area (TPSA) is 38.0 Å². The molecule has 4 heteroatoms. The van der Waals surface area contributed by atoms with Gasteiger partial charge >= 0.3 is 0 Å². The highest BCUT2D eigenvalue weighted by molar-refractivity contribution is 6.31. The third-order valence-electron chi connectivity index (χ3n) is 3.33. The van der Waals surface area contributed by atoms with Gasteiger partial charge in [0.25, 0.3) is 0 Å². The minimum Gasteiger partial charge on any atom is -0.396 e. The molecule has 0 bridgehead atoms. The Hall–Kier alpha value is -1.06. The van der Waals surface area contributed by atoms with E-state index in [2.05, 4.69) is 16.5 Å². The fourth-order valence-corrected chi connectivity index (χ4v) is 2.52. The van der Waals surface area contributed by atoms with Crippen molar-refractivity contribution < 1.29 is 5.11 Å². The Morgan fingerprint density at radius 3 is 2.84 bits per heavy atom. The van der Waals surface area contributed by atoms with Crippen molar-refractivity contribution in [3.8, 4) is 0 Å². The van der Waals surface area contributed by atoms with Crippen molar-refractivity contribution in [1.29, 1.82) is 0 Å². The minimum atomic E-state index is 0.207. The van der Waals surface area contributed by atoms with Gasteiger partial charge < -0.3 is 9.67 Å². The Morgan fingerprint density at radius 2 is 2.11 bits per heavy atom. The number of fused-ring (bicyclic) bond motifs is 1. The first-order valence-corrected chi connectivity index (χ1v) is 7.39. The monoisotopic (exact) mass is 280 g/mol. The number of hydrogen-bond acceptors (Lipinski definition) is 2. The summed E-state index contributed by atoms with van der Waals surface area (Å²) in [4.78, 5) is 4.66. The molecule has 2 aromatic rings. The average Bonchev–Trinajstić information content (AvgIpc) is 2.74. The zero-order valence-electron chi connectivity index (χ0n) is 11.4. The highest BCUT2D eigenvalue weighted by Crippen LogP contribution is 2.22. The minimum absolute atomic E-state index is 0.207. The summed E-state index contributed by atoms with van der Waals surface area (Å²) < 4.78 is 2.27. The zero-order valence-corrected chi connectivity index (χ0v) is 12.2. The Labute approximate surface area is 119 Å². The molecule has 0 aliphatic heterocycles. The smallest absolute Gasteiger partial charge is 0.109 e. The van der Waals surface area contributed by atoms with Gasteiger partial charge in [0, 0.05) is 24.6 Å². The number of aliphatic hydroxyl groups excluding tert-OH is 1. The zero-order chi connectivity index (χ0) is 13.7. The molecule has 0 aliphatic rings. The van der Waals surface area contributed by atoms with Gasteiger partial charge in [-0.2, -0.15) is 0 Å². The maximum Gasteiger partial charge on any atom is 0.109 e. The number of aromatic nitrogens is 2. The second kappa shape index (κ2) is 6.92. The molecule has 0 unspecified atom stereocenters. The molecule has 0 spiro atoms. The van der Waals surface area contributed by atoms with Crippen LogP contribution in [0, 0.1) is 0 Å². The van der Waals surface area contributed by atoms with E-state index in [1.165, 1.54) is 12.8 Å². The lowest BCUT2D eigenvalue weighted by Gasteiger charge is -2.08. The molecular weight excluding hydrogens is 260 g/mol. The highest BCUT2D eigenvalue weighted by Gasteiger charge is 2.10. The van der Waals surface area contributed by atoms with E-state index in [-0.39, 0.29) is 6.61 Å². The molecule has 104 valence electrons. The predicted molar refractivity (Wildman–Crippen MR) is 79.7 cm³/mol. The first-order chi connectivity index (χ1) is 9.26. The molecule has 2 rings (SSSR count). The van der Waals surface area contributed by atoms with Crippen molar-refractivity contribution in [2.24, 2.45) is 0 Å². The van der Waals surface area contributed by atoms with E-state index >= 15 is 0 Å². The van der Waals surface area contributed by atoms with E-state index in [1.807, 2.05) is 18.2 Å². The Morgan fingerprint density at radius 1 is 1.26 bits per heavy atom. The number of unbranched alkanes of at least 4 members (excludes halogenated alkanes) is 2. The molecule has 0 saturated heterocycles. The van der Waals surface area contributed by atoms with Gasteiger partial charge in [-0.25, -0.2) is 4.98 Å². The molecule has 1 aromatic heterocycles. The first-order valence-electron chi connectivity index (χ1n) is 7.01. The lowest BCUT2D eigenvalue weighted by Crippen LogP contribution is -2.05. The predicted octanol–water partition coefficient (Wildman–Crippen LogP) is 3.80. The molecule has 1 heterocycles. The van der Waals surface area contributed by atoms with Gasteiger partial charge in [-0.3, -0.25) is 0 Å². The third kappa shape index (κ3) is 3.48. The summed E-state index contributed by atoms with van der Waals surface area (Å²) in [5.74, 6) is 1.06. The molecule has 1 N–H and O–H groups in total. The van der Waals surface area contributed by atoms with Crippen LogP contribution in [0.1, 0.15) is 38.4 Å².